The van der Waals surface area contributed by atoms with Gasteiger partial charge in [0, 0.05) is 6.92 Å². The van der Waals surface area contributed by atoms with Crippen LogP contribution < -0.4 is 16.0 Å². The first-order valence-corrected chi connectivity index (χ1v) is 8.44. The molecule has 138 valence electrons. The summed E-state index contributed by atoms with van der Waals surface area (Å²) >= 11 is 0. The summed E-state index contributed by atoms with van der Waals surface area (Å²) in [6.45, 7) is 1.50. The molecule has 0 saturated carbocycles. The van der Waals surface area contributed by atoms with Gasteiger partial charge in [0.05, 0.1) is 30.3 Å². The number of nitrogens with one attached hydrogen (secondary N) is 3. The molecular weight excluding hydrogens is 342 g/mol. The Labute approximate surface area is 158 Å². The standard InChI is InChI=1S/C21H21N3O3/c1-3-13-22-21(27)17-11-7-8-12-18(17)24-20(26)14-19(23-15(2)25)16-9-5-4-6-10-16/h1,4-12,19H,13-14H2,2H3,(H,22,27)(H,23,25)(H,24,26). The van der Waals surface area contributed by atoms with Gasteiger partial charge in [-0.25, -0.2) is 0 Å². The Morgan fingerprint density at radius 3 is 2.37 bits per heavy atom. The van der Waals surface area contributed by atoms with Crippen LogP contribution in [0.2, 0.25) is 0 Å². The van der Waals surface area contributed by atoms with E-state index in [1.54, 1.807) is 24.3 Å². The molecule has 3 amide bonds. The van der Waals surface area contributed by atoms with Crippen molar-refractivity contribution < 1.29 is 14.4 Å². The lowest BCUT2D eigenvalue weighted by atomic mass is 10.0. The summed E-state index contributed by atoms with van der Waals surface area (Å²) in [5, 5.41) is 8.09. The lowest BCUT2D eigenvalue weighted by molar-refractivity contribution is -0.120. The summed E-state index contributed by atoms with van der Waals surface area (Å²) < 4.78 is 0. The van der Waals surface area contributed by atoms with E-state index in [1.807, 2.05) is 30.3 Å². The predicted molar refractivity (Wildman–Crippen MR) is 104 cm³/mol. The number of para-hydroxylation sites is 1. The van der Waals surface area contributed by atoms with Crippen molar-refractivity contribution in [3.63, 3.8) is 0 Å². The van der Waals surface area contributed by atoms with Gasteiger partial charge in [-0.1, -0.05) is 48.4 Å². The van der Waals surface area contributed by atoms with Crippen LogP contribution in [0, 0.1) is 12.3 Å². The fourth-order valence-corrected chi connectivity index (χ4v) is 2.59. The maximum atomic E-state index is 12.5. The average Bonchev–Trinajstić information content (AvgIpc) is 2.66. The number of anilines is 1. The van der Waals surface area contributed by atoms with Crippen molar-refractivity contribution in [3.05, 3.63) is 65.7 Å². The van der Waals surface area contributed by atoms with Crippen LogP contribution >= 0.6 is 0 Å². The minimum absolute atomic E-state index is 0.0316. The summed E-state index contributed by atoms with van der Waals surface area (Å²) in [5.41, 5.74) is 1.52. The fraction of sp³-hybridized carbons (Fsp3) is 0.190. The highest BCUT2D eigenvalue weighted by atomic mass is 16.2. The van der Waals surface area contributed by atoms with Crippen LogP contribution in [-0.4, -0.2) is 24.3 Å². The topological polar surface area (TPSA) is 87.3 Å². The van der Waals surface area contributed by atoms with E-state index >= 15 is 0 Å². The second-order valence-electron chi connectivity index (χ2n) is 5.85. The van der Waals surface area contributed by atoms with Crippen molar-refractivity contribution in [1.82, 2.24) is 10.6 Å². The highest BCUT2D eigenvalue weighted by molar-refractivity contribution is 6.04. The Morgan fingerprint density at radius 1 is 1.04 bits per heavy atom. The maximum absolute atomic E-state index is 12.5. The fourth-order valence-electron chi connectivity index (χ4n) is 2.59. The van der Waals surface area contributed by atoms with E-state index in [9.17, 15) is 14.4 Å². The molecule has 6 nitrogen and oxygen atoms in total. The third kappa shape index (κ3) is 6.01. The van der Waals surface area contributed by atoms with Crippen LogP contribution in [0.3, 0.4) is 0 Å². The first kappa shape index (κ1) is 19.7. The molecule has 2 aromatic rings. The summed E-state index contributed by atoms with van der Waals surface area (Å²) in [4.78, 5) is 36.2. The molecule has 0 spiro atoms. The van der Waals surface area contributed by atoms with Gasteiger partial charge < -0.3 is 16.0 Å². The van der Waals surface area contributed by atoms with E-state index < -0.39 is 6.04 Å². The van der Waals surface area contributed by atoms with Crippen molar-refractivity contribution in [2.75, 3.05) is 11.9 Å². The Morgan fingerprint density at radius 2 is 1.70 bits per heavy atom. The van der Waals surface area contributed by atoms with Gasteiger partial charge in [0.15, 0.2) is 0 Å². The third-order valence-corrected chi connectivity index (χ3v) is 3.77. The second-order valence-corrected chi connectivity index (χ2v) is 5.85. The van der Waals surface area contributed by atoms with Crippen molar-refractivity contribution in [2.24, 2.45) is 0 Å². The SMILES string of the molecule is C#CCNC(=O)c1ccccc1NC(=O)CC(NC(C)=O)c1ccccc1. The van der Waals surface area contributed by atoms with Gasteiger partial charge in [-0.3, -0.25) is 14.4 Å². The Balaban J connectivity index is 2.13. The lowest BCUT2D eigenvalue weighted by Crippen LogP contribution is -2.30. The zero-order chi connectivity index (χ0) is 19.6. The molecule has 0 aliphatic carbocycles. The highest BCUT2D eigenvalue weighted by Gasteiger charge is 2.19. The van der Waals surface area contributed by atoms with Crippen molar-refractivity contribution in [1.29, 1.82) is 0 Å². The normalized spacial score (nSPS) is 11.0. The number of carbonyl (C=O) groups excluding carboxylic acids is 3. The van der Waals surface area contributed by atoms with Gasteiger partial charge >= 0.3 is 0 Å². The van der Waals surface area contributed by atoms with Crippen molar-refractivity contribution in [2.45, 2.75) is 19.4 Å². The van der Waals surface area contributed by atoms with E-state index in [0.29, 0.717) is 11.3 Å². The van der Waals surface area contributed by atoms with E-state index in [-0.39, 0.29) is 30.7 Å². The summed E-state index contributed by atoms with van der Waals surface area (Å²) in [6.07, 6.45) is 5.19. The minimum Gasteiger partial charge on any atom is -0.349 e. The van der Waals surface area contributed by atoms with Gasteiger partial charge in [-0.2, -0.15) is 0 Å². The van der Waals surface area contributed by atoms with Crippen LogP contribution in [0.4, 0.5) is 5.69 Å². The van der Waals surface area contributed by atoms with Gasteiger partial charge in [0.1, 0.15) is 0 Å². The molecule has 0 radical (unpaired) electrons. The smallest absolute Gasteiger partial charge is 0.254 e. The van der Waals surface area contributed by atoms with Gasteiger partial charge in [-0.05, 0) is 17.7 Å². The summed E-state index contributed by atoms with van der Waals surface area (Å²) in [7, 11) is 0. The molecule has 0 heterocycles. The van der Waals surface area contributed by atoms with Crippen LogP contribution in [0.5, 0.6) is 0 Å². The van der Waals surface area contributed by atoms with Crippen LogP contribution in [0.25, 0.3) is 0 Å². The highest BCUT2D eigenvalue weighted by Crippen LogP contribution is 2.20. The molecule has 0 aromatic heterocycles. The lowest BCUT2D eigenvalue weighted by Gasteiger charge is -2.18. The van der Waals surface area contributed by atoms with Gasteiger partial charge in [-0.15, -0.1) is 6.42 Å². The molecule has 0 aliphatic heterocycles. The third-order valence-electron chi connectivity index (χ3n) is 3.77. The maximum Gasteiger partial charge on any atom is 0.254 e. The summed E-state index contributed by atoms with van der Waals surface area (Å²) in [6, 6.07) is 15.4. The molecular formula is C21H21N3O3. The first-order chi connectivity index (χ1) is 13.0. The number of benzene rings is 2. The van der Waals surface area contributed by atoms with E-state index in [4.69, 9.17) is 6.42 Å². The van der Waals surface area contributed by atoms with Gasteiger partial charge in [0.25, 0.3) is 5.91 Å². The molecule has 0 bridgehead atoms. The molecule has 0 saturated heterocycles. The Hall–Kier alpha value is -3.59. The molecule has 6 heteroatoms. The quantitative estimate of drug-likeness (QED) is 0.660. The van der Waals surface area contributed by atoms with E-state index in [1.165, 1.54) is 6.92 Å². The first-order valence-electron chi connectivity index (χ1n) is 8.44. The number of terminal acetylenes is 1. The molecule has 1 atom stereocenters. The van der Waals surface area contributed by atoms with Crippen molar-refractivity contribution >= 4 is 23.4 Å². The zero-order valence-electron chi connectivity index (χ0n) is 15.0. The predicted octanol–water partition coefficient (Wildman–Crippen LogP) is 2.26. The minimum atomic E-state index is -0.467. The Kier molecular flexibility index (Phi) is 7.15. The number of carbonyl (C=O) groups is 3. The monoisotopic (exact) mass is 363 g/mol. The number of amides is 3. The largest absolute Gasteiger partial charge is 0.349 e. The molecule has 0 fully saturated rings. The second kappa shape index (κ2) is 9.78. The molecule has 27 heavy (non-hydrogen) atoms. The van der Waals surface area contributed by atoms with Crippen LogP contribution in [0.15, 0.2) is 54.6 Å². The van der Waals surface area contributed by atoms with E-state index in [0.717, 1.165) is 5.56 Å². The van der Waals surface area contributed by atoms with E-state index in [2.05, 4.69) is 21.9 Å². The summed E-state index contributed by atoms with van der Waals surface area (Å²) in [5.74, 6) is 1.41. The number of rotatable bonds is 7. The molecule has 1 unspecified atom stereocenters. The Bertz CT molecular complexity index is 856. The number of hydrogen-bond donors (Lipinski definition) is 3. The number of hydrogen-bond acceptors (Lipinski definition) is 3. The average molecular weight is 363 g/mol. The van der Waals surface area contributed by atoms with Crippen LogP contribution in [0.1, 0.15) is 35.3 Å². The zero-order valence-corrected chi connectivity index (χ0v) is 15.0. The molecule has 2 rings (SSSR count). The molecule has 2 aromatic carbocycles. The van der Waals surface area contributed by atoms with Crippen molar-refractivity contribution in [3.8, 4) is 12.3 Å². The molecule has 3 N–H and O–H groups in total. The molecule has 0 aliphatic rings. The van der Waals surface area contributed by atoms with Crippen LogP contribution in [-0.2, 0) is 9.59 Å². The van der Waals surface area contributed by atoms with Gasteiger partial charge in [0.2, 0.25) is 11.8 Å².